The van der Waals surface area contributed by atoms with Crippen molar-refractivity contribution in [3.05, 3.63) is 28.3 Å². The molecule has 78 valence electrons. The number of hydrogen-bond acceptors (Lipinski definition) is 1. The van der Waals surface area contributed by atoms with Crippen molar-refractivity contribution >= 4 is 5.69 Å². The molecule has 1 aromatic carbocycles. The lowest BCUT2D eigenvalue weighted by Crippen LogP contribution is -2.07. The van der Waals surface area contributed by atoms with Crippen molar-refractivity contribution in [1.29, 1.82) is 0 Å². The van der Waals surface area contributed by atoms with Gasteiger partial charge in [-0.25, -0.2) is 8.78 Å². The van der Waals surface area contributed by atoms with Crippen LogP contribution in [0.3, 0.4) is 0 Å². The van der Waals surface area contributed by atoms with Gasteiger partial charge in [0.25, 0.3) is 0 Å². The molecule has 0 bridgehead atoms. The molecule has 0 heterocycles. The maximum absolute atomic E-state index is 13.5. The van der Waals surface area contributed by atoms with E-state index in [2.05, 4.69) is 0 Å². The summed E-state index contributed by atoms with van der Waals surface area (Å²) in [7, 11) is 0. The zero-order valence-electron chi connectivity index (χ0n) is 8.91. The average Bonchev–Trinajstić information content (AvgIpc) is 2.11. The van der Waals surface area contributed by atoms with E-state index in [0.29, 0.717) is 16.8 Å². The van der Waals surface area contributed by atoms with E-state index in [1.54, 1.807) is 20.8 Å². The van der Waals surface area contributed by atoms with E-state index in [4.69, 9.17) is 5.73 Å². The lowest BCUT2D eigenvalue weighted by molar-refractivity contribution is 0.488. The molecule has 0 spiro atoms. The topological polar surface area (TPSA) is 26.0 Å². The summed E-state index contributed by atoms with van der Waals surface area (Å²) in [5, 5.41) is 0. The van der Waals surface area contributed by atoms with Gasteiger partial charge in [-0.15, -0.1) is 0 Å². The summed E-state index contributed by atoms with van der Waals surface area (Å²) in [4.78, 5) is 0. The lowest BCUT2D eigenvalue weighted by atomic mass is 9.94. The fraction of sp³-hybridized carbons (Fsp3) is 0.455. The second kappa shape index (κ2) is 3.56. The monoisotopic (exact) mass is 199 g/mol. The highest BCUT2D eigenvalue weighted by Gasteiger charge is 2.20. The van der Waals surface area contributed by atoms with Gasteiger partial charge < -0.3 is 5.73 Å². The molecule has 2 N–H and O–H groups in total. The fourth-order valence-corrected chi connectivity index (χ4v) is 1.53. The Morgan fingerprint density at radius 2 is 1.50 bits per heavy atom. The van der Waals surface area contributed by atoms with Crippen LogP contribution in [0.2, 0.25) is 0 Å². The number of anilines is 1. The molecule has 3 heteroatoms. The van der Waals surface area contributed by atoms with Gasteiger partial charge in [-0.05, 0) is 30.9 Å². The van der Waals surface area contributed by atoms with Crippen LogP contribution in [0.5, 0.6) is 0 Å². The Kier molecular flexibility index (Phi) is 2.79. The fourth-order valence-electron chi connectivity index (χ4n) is 1.53. The molecule has 0 aliphatic heterocycles. The molecular formula is C11H15F2N. The Morgan fingerprint density at radius 3 is 1.93 bits per heavy atom. The SMILES string of the molecule is Cc1c(C)c(F)c(F)c(C(C)C)c1N. The molecule has 0 unspecified atom stereocenters. The van der Waals surface area contributed by atoms with Crippen LogP contribution >= 0.6 is 0 Å². The predicted molar refractivity (Wildman–Crippen MR) is 54.3 cm³/mol. The van der Waals surface area contributed by atoms with Crippen LogP contribution in [0.1, 0.15) is 36.5 Å². The number of nitrogen functional groups attached to an aromatic ring is 1. The average molecular weight is 199 g/mol. The van der Waals surface area contributed by atoms with Crippen LogP contribution in [0.15, 0.2) is 0 Å². The molecule has 0 saturated heterocycles. The molecular weight excluding hydrogens is 184 g/mol. The first-order valence-electron chi connectivity index (χ1n) is 4.61. The minimum Gasteiger partial charge on any atom is -0.398 e. The van der Waals surface area contributed by atoms with Gasteiger partial charge in [-0.3, -0.25) is 0 Å². The van der Waals surface area contributed by atoms with Crippen molar-refractivity contribution in [1.82, 2.24) is 0 Å². The number of nitrogens with two attached hydrogens (primary N) is 1. The summed E-state index contributed by atoms with van der Waals surface area (Å²) in [6.45, 7) is 6.83. The van der Waals surface area contributed by atoms with Crippen molar-refractivity contribution < 1.29 is 8.78 Å². The number of benzene rings is 1. The third-order valence-electron chi connectivity index (χ3n) is 2.59. The zero-order chi connectivity index (χ0) is 11.0. The summed E-state index contributed by atoms with van der Waals surface area (Å²) < 4.78 is 26.9. The predicted octanol–water partition coefficient (Wildman–Crippen LogP) is 3.29. The van der Waals surface area contributed by atoms with Crippen LogP contribution in [-0.2, 0) is 0 Å². The van der Waals surface area contributed by atoms with Crippen LogP contribution < -0.4 is 5.73 Å². The largest absolute Gasteiger partial charge is 0.398 e. The minimum absolute atomic E-state index is 0.108. The summed E-state index contributed by atoms with van der Waals surface area (Å²) in [6, 6.07) is 0. The first-order chi connectivity index (χ1) is 6.37. The summed E-state index contributed by atoms with van der Waals surface area (Å²) in [6.07, 6.45) is 0. The first kappa shape index (κ1) is 11.0. The normalized spacial score (nSPS) is 11.1. The van der Waals surface area contributed by atoms with Gasteiger partial charge in [0.2, 0.25) is 0 Å². The van der Waals surface area contributed by atoms with Crippen molar-refractivity contribution in [2.45, 2.75) is 33.6 Å². The number of halogens is 2. The summed E-state index contributed by atoms with van der Waals surface area (Å²) >= 11 is 0. The van der Waals surface area contributed by atoms with Gasteiger partial charge in [0.15, 0.2) is 11.6 Å². The van der Waals surface area contributed by atoms with E-state index >= 15 is 0 Å². The molecule has 1 nitrogen and oxygen atoms in total. The summed E-state index contributed by atoms with van der Waals surface area (Å²) in [5.74, 6) is -1.69. The maximum atomic E-state index is 13.5. The Hall–Kier alpha value is -1.12. The molecule has 0 amide bonds. The van der Waals surface area contributed by atoms with E-state index in [1.165, 1.54) is 6.92 Å². The van der Waals surface area contributed by atoms with E-state index in [9.17, 15) is 8.78 Å². The first-order valence-corrected chi connectivity index (χ1v) is 4.61. The van der Waals surface area contributed by atoms with Gasteiger partial charge >= 0.3 is 0 Å². The molecule has 0 radical (unpaired) electrons. The molecule has 0 atom stereocenters. The highest BCUT2D eigenvalue weighted by Crippen LogP contribution is 2.32. The lowest BCUT2D eigenvalue weighted by Gasteiger charge is -2.16. The van der Waals surface area contributed by atoms with Crippen LogP contribution in [0.25, 0.3) is 0 Å². The molecule has 0 fully saturated rings. The van der Waals surface area contributed by atoms with Crippen LogP contribution in [0.4, 0.5) is 14.5 Å². The molecule has 14 heavy (non-hydrogen) atoms. The van der Waals surface area contributed by atoms with Crippen molar-refractivity contribution in [2.24, 2.45) is 0 Å². The Balaban J connectivity index is 3.60. The maximum Gasteiger partial charge on any atom is 0.164 e. The molecule has 0 saturated carbocycles. The minimum atomic E-state index is -0.805. The zero-order valence-corrected chi connectivity index (χ0v) is 8.91. The van der Waals surface area contributed by atoms with E-state index in [0.717, 1.165) is 0 Å². The molecule has 1 aromatic rings. The van der Waals surface area contributed by atoms with Crippen LogP contribution in [-0.4, -0.2) is 0 Å². The van der Waals surface area contributed by atoms with Gasteiger partial charge in [-0.2, -0.15) is 0 Å². The standard InChI is InChI=1S/C11H15F2N/c1-5(2)8-10(13)9(12)6(3)7(4)11(8)14/h5H,14H2,1-4H3. The summed E-state index contributed by atoms with van der Waals surface area (Å²) in [5.41, 5.74) is 7.33. The Bertz CT molecular complexity index is 341. The molecule has 0 aliphatic carbocycles. The quantitative estimate of drug-likeness (QED) is 0.690. The third kappa shape index (κ3) is 1.47. The molecule has 1 rings (SSSR count). The van der Waals surface area contributed by atoms with Crippen LogP contribution in [0, 0.1) is 25.5 Å². The number of hydrogen-bond donors (Lipinski definition) is 1. The Labute approximate surface area is 82.9 Å². The van der Waals surface area contributed by atoms with Crippen molar-refractivity contribution in [3.63, 3.8) is 0 Å². The smallest absolute Gasteiger partial charge is 0.164 e. The van der Waals surface area contributed by atoms with Crippen molar-refractivity contribution in [2.75, 3.05) is 5.73 Å². The van der Waals surface area contributed by atoms with Crippen molar-refractivity contribution in [3.8, 4) is 0 Å². The molecule has 0 aromatic heterocycles. The highest BCUT2D eigenvalue weighted by atomic mass is 19.2. The van der Waals surface area contributed by atoms with E-state index in [1.807, 2.05) is 0 Å². The van der Waals surface area contributed by atoms with Gasteiger partial charge in [0.05, 0.1) is 0 Å². The Morgan fingerprint density at radius 1 is 1.00 bits per heavy atom. The van der Waals surface area contributed by atoms with E-state index in [-0.39, 0.29) is 11.5 Å². The van der Waals surface area contributed by atoms with E-state index < -0.39 is 11.6 Å². The van der Waals surface area contributed by atoms with Gasteiger partial charge in [0, 0.05) is 11.3 Å². The highest BCUT2D eigenvalue weighted by molar-refractivity contribution is 5.58. The second-order valence-corrected chi connectivity index (χ2v) is 3.86. The van der Waals surface area contributed by atoms with Gasteiger partial charge in [0.1, 0.15) is 0 Å². The number of rotatable bonds is 1. The second-order valence-electron chi connectivity index (χ2n) is 3.86. The van der Waals surface area contributed by atoms with Gasteiger partial charge in [-0.1, -0.05) is 13.8 Å². The molecule has 0 aliphatic rings. The third-order valence-corrected chi connectivity index (χ3v) is 2.59.